The SMILES string of the molecule is COc1ccc2[nH]cc(CCNC(=O)[I-]Cc3ccccc3)c2c1. The minimum absolute atomic E-state index is 0.204. The van der Waals surface area contributed by atoms with Gasteiger partial charge in [-0.25, -0.2) is 0 Å². The van der Waals surface area contributed by atoms with E-state index in [1.54, 1.807) is 7.11 Å². The number of alkyl halides is 1. The van der Waals surface area contributed by atoms with Gasteiger partial charge in [-0.15, -0.1) is 0 Å². The number of carbonyl (C=O) groups is 1. The van der Waals surface area contributed by atoms with Crippen LogP contribution in [0.4, 0.5) is 4.79 Å². The number of ether oxygens (including phenoxy) is 1. The van der Waals surface area contributed by atoms with Crippen LogP contribution in [0.1, 0.15) is 11.1 Å². The summed E-state index contributed by atoms with van der Waals surface area (Å²) in [5.74, 6) is 0.848. The Morgan fingerprint density at radius 1 is 1.21 bits per heavy atom. The second-order valence-electron chi connectivity index (χ2n) is 5.43. The molecule has 3 rings (SSSR count). The molecule has 0 aliphatic rings. The monoisotopic (exact) mass is 435 g/mol. The molecule has 2 N–H and O–H groups in total. The van der Waals surface area contributed by atoms with Gasteiger partial charge in [0.2, 0.25) is 0 Å². The van der Waals surface area contributed by atoms with E-state index in [4.69, 9.17) is 4.74 Å². The van der Waals surface area contributed by atoms with Crippen molar-refractivity contribution in [3.63, 3.8) is 0 Å². The first-order chi connectivity index (χ1) is 11.8. The zero-order valence-electron chi connectivity index (χ0n) is 13.5. The zero-order chi connectivity index (χ0) is 16.8. The number of fused-ring (bicyclic) bond motifs is 1. The van der Waals surface area contributed by atoms with Crippen LogP contribution < -0.4 is 31.3 Å². The Balaban J connectivity index is 1.50. The molecule has 5 heteroatoms. The van der Waals surface area contributed by atoms with E-state index in [1.165, 1.54) is 11.1 Å². The summed E-state index contributed by atoms with van der Waals surface area (Å²) in [7, 11) is 1.67. The van der Waals surface area contributed by atoms with Gasteiger partial charge < -0.3 is 0 Å². The summed E-state index contributed by atoms with van der Waals surface area (Å²) >= 11 is -0.509. The standard InChI is InChI=1S/C19H20IN2O2/c1-24-16-7-8-18-17(11-16)15(13-22-18)9-10-21-19(23)20-12-14-5-3-2-4-6-14/h2-8,11,13,22H,9-10,12H2,1H3,(H,21,23)/q-1. The molecule has 0 radical (unpaired) electrons. The average Bonchev–Trinajstić information content (AvgIpc) is 3.03. The number of methoxy groups -OCH3 is 1. The summed E-state index contributed by atoms with van der Waals surface area (Å²) in [4.78, 5) is 15.3. The zero-order valence-corrected chi connectivity index (χ0v) is 15.7. The molecule has 0 aliphatic carbocycles. The quantitative estimate of drug-likeness (QED) is 0.249. The molecule has 1 aromatic heterocycles. The van der Waals surface area contributed by atoms with Gasteiger partial charge in [0.05, 0.1) is 0 Å². The molecule has 0 atom stereocenters. The predicted octanol–water partition coefficient (Wildman–Crippen LogP) is 0.718. The van der Waals surface area contributed by atoms with Crippen molar-refractivity contribution in [2.45, 2.75) is 10.8 Å². The fourth-order valence-corrected chi connectivity index (χ4v) is 4.37. The van der Waals surface area contributed by atoms with Crippen molar-refractivity contribution < 1.29 is 30.7 Å². The second kappa shape index (κ2) is 8.19. The van der Waals surface area contributed by atoms with Crippen molar-refractivity contribution in [1.82, 2.24) is 10.3 Å². The third-order valence-electron chi connectivity index (χ3n) is 3.82. The van der Waals surface area contributed by atoms with Gasteiger partial charge in [-0.3, -0.25) is 0 Å². The van der Waals surface area contributed by atoms with Crippen molar-refractivity contribution in [3.05, 3.63) is 65.9 Å². The average molecular weight is 435 g/mol. The molecule has 0 saturated heterocycles. The van der Waals surface area contributed by atoms with Gasteiger partial charge in [0.15, 0.2) is 0 Å². The van der Waals surface area contributed by atoms with Crippen LogP contribution in [0.15, 0.2) is 54.7 Å². The summed E-state index contributed by atoms with van der Waals surface area (Å²) in [5, 5.41) is 4.20. The van der Waals surface area contributed by atoms with Crippen molar-refractivity contribution in [3.8, 4) is 5.75 Å². The molecule has 0 saturated carbocycles. The maximum absolute atomic E-state index is 12.0. The number of amides is 1. The molecule has 3 aromatic rings. The van der Waals surface area contributed by atoms with Crippen molar-refractivity contribution in [2.24, 2.45) is 0 Å². The first-order valence-electron chi connectivity index (χ1n) is 7.81. The molecule has 2 aromatic carbocycles. The molecule has 126 valence electrons. The van der Waals surface area contributed by atoms with E-state index in [-0.39, 0.29) is 3.91 Å². The Bertz CT molecular complexity index is 815. The molecular weight excluding hydrogens is 415 g/mol. The van der Waals surface area contributed by atoms with Gasteiger partial charge in [-0.1, -0.05) is 0 Å². The van der Waals surface area contributed by atoms with E-state index in [1.807, 2.05) is 42.6 Å². The predicted molar refractivity (Wildman–Crippen MR) is 92.1 cm³/mol. The number of aromatic nitrogens is 1. The maximum atomic E-state index is 12.0. The van der Waals surface area contributed by atoms with Crippen LogP contribution in [0.5, 0.6) is 5.75 Å². The third-order valence-corrected chi connectivity index (χ3v) is 6.15. The van der Waals surface area contributed by atoms with Crippen molar-refractivity contribution in [2.75, 3.05) is 13.7 Å². The van der Waals surface area contributed by atoms with Crippen LogP contribution in [0.25, 0.3) is 10.9 Å². The number of H-pyrrole nitrogens is 1. The fourth-order valence-electron chi connectivity index (χ4n) is 2.54. The number of benzene rings is 2. The Hall–Kier alpha value is -2.02. The van der Waals surface area contributed by atoms with Crippen LogP contribution in [0.3, 0.4) is 0 Å². The van der Waals surface area contributed by atoms with Crippen LogP contribution >= 0.6 is 0 Å². The number of carbonyl (C=O) groups excluding carboxylic acids is 1. The number of aromatic amines is 1. The molecule has 0 spiro atoms. The van der Waals surface area contributed by atoms with Crippen molar-refractivity contribution >= 4 is 14.8 Å². The Kier molecular flexibility index (Phi) is 5.74. The van der Waals surface area contributed by atoms with E-state index in [9.17, 15) is 4.79 Å². The molecule has 0 unspecified atom stereocenters. The van der Waals surface area contributed by atoms with Gasteiger partial charge in [0.25, 0.3) is 0 Å². The Morgan fingerprint density at radius 2 is 2.04 bits per heavy atom. The fraction of sp³-hybridized carbons (Fsp3) is 0.211. The molecule has 0 fully saturated rings. The molecule has 4 nitrogen and oxygen atoms in total. The first kappa shape index (κ1) is 16.8. The number of hydrogen-bond donors (Lipinski definition) is 2. The van der Waals surface area contributed by atoms with E-state index in [2.05, 4.69) is 22.4 Å². The minimum atomic E-state index is -0.509. The Morgan fingerprint density at radius 3 is 2.83 bits per heavy atom. The van der Waals surface area contributed by atoms with Gasteiger partial charge in [-0.05, 0) is 0 Å². The molecule has 0 aliphatic heterocycles. The van der Waals surface area contributed by atoms with Gasteiger partial charge in [0.1, 0.15) is 0 Å². The van der Waals surface area contributed by atoms with Gasteiger partial charge in [-0.2, -0.15) is 0 Å². The number of hydrogen-bond acceptors (Lipinski definition) is 2. The molecule has 1 heterocycles. The summed E-state index contributed by atoms with van der Waals surface area (Å²) < 4.78 is 6.37. The summed E-state index contributed by atoms with van der Waals surface area (Å²) in [5.41, 5.74) is 3.53. The van der Waals surface area contributed by atoms with Crippen LogP contribution in [-0.4, -0.2) is 22.6 Å². The van der Waals surface area contributed by atoms with Crippen molar-refractivity contribution in [1.29, 1.82) is 0 Å². The van der Waals surface area contributed by atoms with E-state index >= 15 is 0 Å². The van der Waals surface area contributed by atoms with Gasteiger partial charge in [0, 0.05) is 0 Å². The molecule has 1 amide bonds. The summed E-state index contributed by atoms with van der Waals surface area (Å²) in [6, 6.07) is 16.2. The third kappa shape index (κ3) is 4.29. The molecule has 24 heavy (non-hydrogen) atoms. The van der Waals surface area contributed by atoms with Crippen LogP contribution in [-0.2, 0) is 10.8 Å². The first-order valence-corrected chi connectivity index (χ1v) is 10.4. The summed E-state index contributed by atoms with van der Waals surface area (Å²) in [6.07, 6.45) is 2.82. The molecular formula is C19H20IN2O2-. The Labute approximate surface area is 151 Å². The van der Waals surface area contributed by atoms with E-state index in [0.29, 0.717) is 6.54 Å². The van der Waals surface area contributed by atoms with E-state index in [0.717, 1.165) is 27.5 Å². The second-order valence-corrected chi connectivity index (χ2v) is 7.93. The number of rotatable bonds is 7. The topological polar surface area (TPSA) is 54.1 Å². The van der Waals surface area contributed by atoms with Crippen LogP contribution in [0, 0.1) is 0 Å². The molecule has 0 bridgehead atoms. The number of nitrogens with one attached hydrogen (secondary N) is 2. The van der Waals surface area contributed by atoms with E-state index < -0.39 is 21.2 Å². The van der Waals surface area contributed by atoms with Crippen LogP contribution in [0.2, 0.25) is 0 Å². The number of halogens is 1. The normalized spacial score (nSPS) is 10.9. The van der Waals surface area contributed by atoms with Gasteiger partial charge >= 0.3 is 152 Å². The summed E-state index contributed by atoms with van der Waals surface area (Å²) in [6.45, 7) is 0.664.